The summed E-state index contributed by atoms with van der Waals surface area (Å²) in [4.78, 5) is 17.5. The molecule has 3 aromatic carbocycles. The summed E-state index contributed by atoms with van der Waals surface area (Å²) in [5.41, 5.74) is 4.88. The maximum atomic E-state index is 12.8. The van der Waals surface area contributed by atoms with Crippen LogP contribution < -0.4 is 10.1 Å². The molecule has 0 spiro atoms. The van der Waals surface area contributed by atoms with Gasteiger partial charge in [-0.05, 0) is 79.8 Å². The van der Waals surface area contributed by atoms with Crippen molar-refractivity contribution in [3.8, 4) is 17.2 Å². The summed E-state index contributed by atoms with van der Waals surface area (Å²) < 4.78 is 11.8. The van der Waals surface area contributed by atoms with Gasteiger partial charge >= 0.3 is 0 Å². The van der Waals surface area contributed by atoms with Crippen LogP contribution in [0, 0.1) is 0 Å². The van der Waals surface area contributed by atoms with Crippen molar-refractivity contribution in [2.24, 2.45) is 0 Å². The molecule has 33 heavy (non-hydrogen) atoms. The van der Waals surface area contributed by atoms with Gasteiger partial charge in [-0.2, -0.15) is 0 Å². The Balaban J connectivity index is 1.54. The Hall–Kier alpha value is -3.60. The third kappa shape index (κ3) is 5.25. The summed E-state index contributed by atoms with van der Waals surface area (Å²) in [6, 6.07) is 20.9. The van der Waals surface area contributed by atoms with Gasteiger partial charge in [0, 0.05) is 16.8 Å². The smallest absolute Gasteiger partial charge is 0.255 e. The van der Waals surface area contributed by atoms with Crippen molar-refractivity contribution in [2.75, 3.05) is 5.32 Å². The van der Waals surface area contributed by atoms with Crippen LogP contribution in [0.2, 0.25) is 0 Å². The first-order chi connectivity index (χ1) is 16.0. The number of rotatable bonds is 8. The van der Waals surface area contributed by atoms with Crippen LogP contribution in [0.1, 0.15) is 62.4 Å². The zero-order valence-corrected chi connectivity index (χ0v) is 19.6. The fourth-order valence-electron chi connectivity index (χ4n) is 3.57. The van der Waals surface area contributed by atoms with Gasteiger partial charge < -0.3 is 14.5 Å². The number of nitrogens with zero attached hydrogens (tertiary/aromatic N) is 1. The van der Waals surface area contributed by atoms with E-state index in [1.807, 2.05) is 49.4 Å². The number of nitrogens with one attached hydrogen (secondary N) is 1. The molecule has 1 aromatic heterocycles. The predicted molar refractivity (Wildman–Crippen MR) is 133 cm³/mol. The van der Waals surface area contributed by atoms with Crippen LogP contribution in [-0.4, -0.2) is 17.0 Å². The molecule has 0 unspecified atom stereocenters. The predicted octanol–water partition coefficient (Wildman–Crippen LogP) is 7.44. The molecule has 4 rings (SSSR count). The molecule has 1 amide bonds. The van der Waals surface area contributed by atoms with Crippen molar-refractivity contribution >= 4 is 22.7 Å². The van der Waals surface area contributed by atoms with E-state index in [4.69, 9.17) is 14.1 Å². The highest BCUT2D eigenvalue weighted by atomic mass is 16.5. The summed E-state index contributed by atoms with van der Waals surface area (Å²) >= 11 is 0. The Labute approximate surface area is 194 Å². The molecule has 170 valence electrons. The lowest BCUT2D eigenvalue weighted by Crippen LogP contribution is -2.13. The molecular weight excluding hydrogens is 412 g/mol. The molecule has 0 saturated carbocycles. The van der Waals surface area contributed by atoms with Gasteiger partial charge in [-0.15, -0.1) is 0 Å². The molecule has 0 bridgehead atoms. The van der Waals surface area contributed by atoms with E-state index in [0.717, 1.165) is 29.5 Å². The van der Waals surface area contributed by atoms with E-state index in [2.05, 4.69) is 38.2 Å². The second-order valence-electron chi connectivity index (χ2n) is 8.45. The minimum absolute atomic E-state index is 0.0950. The van der Waals surface area contributed by atoms with E-state index in [0.29, 0.717) is 28.8 Å². The van der Waals surface area contributed by atoms with Crippen molar-refractivity contribution in [3.63, 3.8) is 0 Å². The number of amides is 1. The second-order valence-corrected chi connectivity index (χ2v) is 8.45. The molecule has 5 nitrogen and oxygen atoms in total. The lowest BCUT2D eigenvalue weighted by Gasteiger charge is -2.13. The first kappa shape index (κ1) is 22.6. The number of anilines is 1. The molecule has 2 atom stereocenters. The zero-order chi connectivity index (χ0) is 23.4. The van der Waals surface area contributed by atoms with Gasteiger partial charge in [0.2, 0.25) is 5.89 Å². The summed E-state index contributed by atoms with van der Waals surface area (Å²) in [5, 5.41) is 2.96. The molecule has 0 aliphatic heterocycles. The SMILES string of the molecule is CC[C@@H](C)Oc1cccc(C(=O)Nc2cccc(-c3nc4cc([C@@H](C)CC)ccc4o3)c2)c1. The van der Waals surface area contributed by atoms with Crippen LogP contribution >= 0.6 is 0 Å². The molecule has 0 saturated heterocycles. The lowest BCUT2D eigenvalue weighted by molar-refractivity contribution is 0.102. The number of benzene rings is 3. The molecule has 1 heterocycles. The molecule has 0 aliphatic rings. The lowest BCUT2D eigenvalue weighted by atomic mass is 9.98. The summed E-state index contributed by atoms with van der Waals surface area (Å²) in [5.74, 6) is 1.50. The van der Waals surface area contributed by atoms with Gasteiger partial charge in [-0.3, -0.25) is 4.79 Å². The number of oxazole rings is 1. The van der Waals surface area contributed by atoms with Crippen molar-refractivity contribution < 1.29 is 13.9 Å². The maximum Gasteiger partial charge on any atom is 0.255 e. The Bertz CT molecular complexity index is 1260. The van der Waals surface area contributed by atoms with E-state index in [1.165, 1.54) is 5.56 Å². The largest absolute Gasteiger partial charge is 0.491 e. The van der Waals surface area contributed by atoms with Crippen LogP contribution in [0.5, 0.6) is 5.75 Å². The normalized spacial score (nSPS) is 13.0. The highest BCUT2D eigenvalue weighted by molar-refractivity contribution is 6.04. The number of fused-ring (bicyclic) bond motifs is 1. The number of carbonyl (C=O) groups is 1. The third-order valence-corrected chi connectivity index (χ3v) is 5.97. The van der Waals surface area contributed by atoms with Crippen LogP contribution in [-0.2, 0) is 0 Å². The topological polar surface area (TPSA) is 64.4 Å². The summed E-state index contributed by atoms with van der Waals surface area (Å²) in [6.07, 6.45) is 2.07. The van der Waals surface area contributed by atoms with Gasteiger partial charge in [0.15, 0.2) is 5.58 Å². The van der Waals surface area contributed by atoms with Gasteiger partial charge in [-0.1, -0.05) is 39.0 Å². The van der Waals surface area contributed by atoms with Crippen molar-refractivity contribution in [1.82, 2.24) is 4.98 Å². The highest BCUT2D eigenvalue weighted by Gasteiger charge is 2.13. The summed E-state index contributed by atoms with van der Waals surface area (Å²) in [7, 11) is 0. The molecule has 4 aromatic rings. The number of hydrogen-bond donors (Lipinski definition) is 1. The monoisotopic (exact) mass is 442 g/mol. The minimum Gasteiger partial charge on any atom is -0.491 e. The van der Waals surface area contributed by atoms with Crippen molar-refractivity contribution in [1.29, 1.82) is 0 Å². The molecule has 0 aliphatic carbocycles. The molecule has 0 radical (unpaired) electrons. The van der Waals surface area contributed by atoms with Gasteiger partial charge in [0.05, 0.1) is 6.10 Å². The number of hydrogen-bond acceptors (Lipinski definition) is 4. The number of aromatic nitrogens is 1. The average Bonchev–Trinajstić information content (AvgIpc) is 3.27. The van der Waals surface area contributed by atoms with Gasteiger partial charge in [0.25, 0.3) is 5.91 Å². The van der Waals surface area contributed by atoms with Crippen molar-refractivity contribution in [2.45, 2.75) is 52.6 Å². The molecule has 5 heteroatoms. The number of ether oxygens (including phenoxy) is 1. The van der Waals surface area contributed by atoms with Crippen LogP contribution in [0.25, 0.3) is 22.6 Å². The molecule has 1 N–H and O–H groups in total. The van der Waals surface area contributed by atoms with E-state index < -0.39 is 0 Å². The highest BCUT2D eigenvalue weighted by Crippen LogP contribution is 2.29. The number of carbonyl (C=O) groups excluding carboxylic acids is 1. The van der Waals surface area contributed by atoms with Gasteiger partial charge in [-0.25, -0.2) is 4.98 Å². The fraction of sp³-hybridized carbons (Fsp3) is 0.286. The van der Waals surface area contributed by atoms with Crippen molar-refractivity contribution in [3.05, 3.63) is 77.9 Å². The van der Waals surface area contributed by atoms with E-state index in [-0.39, 0.29) is 12.0 Å². The minimum atomic E-state index is -0.197. The van der Waals surface area contributed by atoms with E-state index in [9.17, 15) is 4.79 Å². The standard InChI is InChI=1S/C28H30N2O3/c1-5-18(3)20-13-14-26-25(17-20)30-28(33-26)22-10-7-11-23(15-22)29-27(31)21-9-8-12-24(16-21)32-19(4)6-2/h7-19H,5-6H2,1-4H3,(H,29,31)/t18-,19+/m0/s1. The fourth-order valence-corrected chi connectivity index (χ4v) is 3.57. The summed E-state index contributed by atoms with van der Waals surface area (Å²) in [6.45, 7) is 8.46. The third-order valence-electron chi connectivity index (χ3n) is 5.97. The van der Waals surface area contributed by atoms with Crippen LogP contribution in [0.4, 0.5) is 5.69 Å². The first-order valence-electron chi connectivity index (χ1n) is 11.6. The van der Waals surface area contributed by atoms with E-state index in [1.54, 1.807) is 12.1 Å². The van der Waals surface area contributed by atoms with Crippen LogP contribution in [0.15, 0.2) is 71.1 Å². The Kier molecular flexibility index (Phi) is 6.78. The first-order valence-corrected chi connectivity index (χ1v) is 11.6. The quantitative estimate of drug-likeness (QED) is 0.308. The molecular formula is C28H30N2O3. The molecule has 0 fully saturated rings. The van der Waals surface area contributed by atoms with E-state index >= 15 is 0 Å². The zero-order valence-electron chi connectivity index (χ0n) is 19.6. The second kappa shape index (κ2) is 9.90. The van der Waals surface area contributed by atoms with Crippen LogP contribution in [0.3, 0.4) is 0 Å². The Morgan fingerprint density at radius 1 is 1.00 bits per heavy atom. The van der Waals surface area contributed by atoms with Gasteiger partial charge in [0.1, 0.15) is 11.3 Å². The average molecular weight is 443 g/mol. The maximum absolute atomic E-state index is 12.8. The Morgan fingerprint density at radius 3 is 2.61 bits per heavy atom. The Morgan fingerprint density at radius 2 is 1.82 bits per heavy atom.